The second kappa shape index (κ2) is 11.0. The van der Waals surface area contributed by atoms with Gasteiger partial charge in [-0.2, -0.15) is 0 Å². The maximum absolute atomic E-state index is 13.4. The molecule has 0 N–H and O–H groups in total. The molecule has 7 nitrogen and oxygen atoms in total. The molecule has 4 rings (SSSR count). The number of nitrogens with zero attached hydrogens (tertiary/aromatic N) is 1. The first kappa shape index (κ1) is 26.2. The van der Waals surface area contributed by atoms with Crippen LogP contribution in [0.5, 0.6) is 0 Å². The number of aromatic nitrogens is 1. The first-order valence-corrected chi connectivity index (χ1v) is 12.6. The fraction of sp³-hybridized carbons (Fsp3) is 0.207. The van der Waals surface area contributed by atoms with Gasteiger partial charge < -0.3 is 18.8 Å². The highest BCUT2D eigenvalue weighted by Gasteiger charge is 2.34. The number of rotatable bonds is 7. The van der Waals surface area contributed by atoms with Crippen molar-refractivity contribution in [2.45, 2.75) is 20.8 Å². The van der Waals surface area contributed by atoms with E-state index in [1.807, 2.05) is 66.1 Å². The molecular formula is C29H26BrNO6. The van der Waals surface area contributed by atoms with Gasteiger partial charge in [0.1, 0.15) is 0 Å². The Balaban J connectivity index is 2.25. The number of hydrogen-bond donors (Lipinski definition) is 0. The van der Waals surface area contributed by atoms with Crippen molar-refractivity contribution in [2.75, 3.05) is 20.3 Å². The monoisotopic (exact) mass is 563 g/mol. The molecule has 1 aromatic carbocycles. The van der Waals surface area contributed by atoms with E-state index in [4.69, 9.17) is 14.2 Å². The Labute approximate surface area is 223 Å². The van der Waals surface area contributed by atoms with Crippen molar-refractivity contribution in [3.8, 4) is 16.8 Å². The minimum absolute atomic E-state index is 0.0221. The minimum Gasteiger partial charge on any atom is -0.465 e. The van der Waals surface area contributed by atoms with Gasteiger partial charge in [-0.05, 0) is 56.2 Å². The highest BCUT2D eigenvalue weighted by Crippen LogP contribution is 2.46. The molecule has 2 aromatic rings. The summed E-state index contributed by atoms with van der Waals surface area (Å²) in [6.07, 6.45) is 1.13. The Morgan fingerprint density at radius 2 is 1.54 bits per heavy atom. The van der Waals surface area contributed by atoms with Gasteiger partial charge >= 0.3 is 17.9 Å². The topological polar surface area (TPSA) is 83.8 Å². The van der Waals surface area contributed by atoms with Crippen LogP contribution in [0.2, 0.25) is 0 Å². The van der Waals surface area contributed by atoms with Crippen LogP contribution in [-0.4, -0.2) is 42.8 Å². The van der Waals surface area contributed by atoms with Crippen LogP contribution in [0.4, 0.5) is 0 Å². The second-order valence-electron chi connectivity index (χ2n) is 8.13. The van der Waals surface area contributed by atoms with Crippen molar-refractivity contribution in [1.82, 2.24) is 4.57 Å². The number of methoxy groups -OCH3 is 1. The molecule has 1 aromatic heterocycles. The number of carbonyl (C=O) groups excluding carboxylic acids is 3. The zero-order chi connectivity index (χ0) is 26.7. The lowest BCUT2D eigenvalue weighted by Crippen LogP contribution is -2.14. The Morgan fingerprint density at radius 1 is 0.892 bits per heavy atom. The van der Waals surface area contributed by atoms with Crippen molar-refractivity contribution in [3.63, 3.8) is 0 Å². The molecule has 1 heterocycles. The van der Waals surface area contributed by atoms with E-state index in [2.05, 4.69) is 15.9 Å². The Kier molecular flexibility index (Phi) is 7.78. The number of hydrogen-bond acceptors (Lipinski definition) is 6. The van der Waals surface area contributed by atoms with Crippen molar-refractivity contribution < 1.29 is 28.6 Å². The van der Waals surface area contributed by atoms with Crippen LogP contribution in [0.15, 0.2) is 65.1 Å². The molecule has 0 bridgehead atoms. The Bertz CT molecular complexity index is 1500. The largest absolute Gasteiger partial charge is 0.465 e. The van der Waals surface area contributed by atoms with Gasteiger partial charge in [-0.3, -0.25) is 0 Å². The van der Waals surface area contributed by atoms with E-state index in [-0.39, 0.29) is 18.8 Å². The molecule has 0 saturated heterocycles. The summed E-state index contributed by atoms with van der Waals surface area (Å²) in [6.45, 7) is 5.52. The molecule has 0 saturated carbocycles. The summed E-state index contributed by atoms with van der Waals surface area (Å²) < 4.78 is 18.4. The molecule has 0 atom stereocenters. The van der Waals surface area contributed by atoms with Gasteiger partial charge in [0.15, 0.2) is 0 Å². The van der Waals surface area contributed by atoms with E-state index < -0.39 is 17.9 Å². The van der Waals surface area contributed by atoms with Gasteiger partial charge in [0, 0.05) is 32.7 Å². The van der Waals surface area contributed by atoms with Crippen molar-refractivity contribution in [1.29, 1.82) is 0 Å². The Morgan fingerprint density at radius 3 is 2.16 bits per heavy atom. The summed E-state index contributed by atoms with van der Waals surface area (Å²) >= 11 is 3.47. The smallest absolute Gasteiger partial charge is 0.340 e. The zero-order valence-corrected chi connectivity index (χ0v) is 22.5. The maximum Gasteiger partial charge on any atom is 0.340 e. The maximum atomic E-state index is 13.4. The van der Waals surface area contributed by atoms with Gasteiger partial charge in [0.25, 0.3) is 0 Å². The molecule has 8 heteroatoms. The van der Waals surface area contributed by atoms with Crippen LogP contribution in [0.1, 0.15) is 35.6 Å². The van der Waals surface area contributed by atoms with E-state index >= 15 is 0 Å². The lowest BCUT2D eigenvalue weighted by molar-refractivity contribution is -0.139. The van der Waals surface area contributed by atoms with E-state index in [0.29, 0.717) is 22.2 Å². The van der Waals surface area contributed by atoms with Gasteiger partial charge in [-0.15, -0.1) is 0 Å². The molecule has 0 amide bonds. The van der Waals surface area contributed by atoms with Crippen LogP contribution in [-0.2, 0) is 23.8 Å². The average molecular weight is 564 g/mol. The van der Waals surface area contributed by atoms with Crippen LogP contribution in [0.3, 0.4) is 0 Å². The van der Waals surface area contributed by atoms with Crippen LogP contribution >= 0.6 is 15.9 Å². The molecular weight excluding hydrogens is 538 g/mol. The van der Waals surface area contributed by atoms with Gasteiger partial charge in [0.2, 0.25) is 0 Å². The number of fused-ring (bicyclic) bond motifs is 3. The van der Waals surface area contributed by atoms with Crippen LogP contribution in [0.25, 0.3) is 33.2 Å². The average Bonchev–Trinajstić information content (AvgIpc) is 3.22. The fourth-order valence-electron chi connectivity index (χ4n) is 4.60. The van der Waals surface area contributed by atoms with Crippen LogP contribution in [0, 0.1) is 6.92 Å². The minimum atomic E-state index is -0.708. The highest BCUT2D eigenvalue weighted by atomic mass is 79.9. The van der Waals surface area contributed by atoms with Crippen LogP contribution < -0.4 is 0 Å². The first-order chi connectivity index (χ1) is 17.8. The molecule has 0 aliphatic heterocycles. The second-order valence-corrected chi connectivity index (χ2v) is 9.05. The van der Waals surface area contributed by atoms with Crippen molar-refractivity contribution in [3.05, 3.63) is 82.1 Å². The standard InChI is InChI=1S/C29H26BrNO6/c1-5-36-23(32)16-22(28(33)37-6-2)27-26-24(17(3)31(27)19-14-12-18(30)13-15-19)20-10-8-7-9-11-21(20)25(26)29(34)35-4/h7-16H,5-6H2,1-4H3. The third-order valence-electron chi connectivity index (χ3n) is 6.01. The fourth-order valence-corrected chi connectivity index (χ4v) is 4.86. The summed E-state index contributed by atoms with van der Waals surface area (Å²) in [5, 5.41) is 1.26. The number of benzene rings is 1. The molecule has 0 radical (unpaired) electrons. The SMILES string of the molecule is CCOC(=O)C=C(C(=O)OCC)c1c2c(C(=O)OC)c3cccccc-3c2c(C)n1-c1ccc(Br)cc1. The first-order valence-electron chi connectivity index (χ1n) is 11.8. The van der Waals surface area contributed by atoms with Crippen molar-refractivity contribution >= 4 is 50.2 Å². The number of esters is 3. The lowest BCUT2D eigenvalue weighted by Gasteiger charge is -2.16. The molecule has 2 aliphatic carbocycles. The normalized spacial score (nSPS) is 11.5. The number of ether oxygens (including phenoxy) is 3. The molecule has 37 heavy (non-hydrogen) atoms. The van der Waals surface area contributed by atoms with E-state index in [1.165, 1.54) is 7.11 Å². The number of carbonyl (C=O) groups is 3. The lowest BCUT2D eigenvalue weighted by atomic mass is 10.0. The predicted molar refractivity (Wildman–Crippen MR) is 145 cm³/mol. The van der Waals surface area contributed by atoms with E-state index in [9.17, 15) is 14.4 Å². The molecule has 0 unspecified atom stereocenters. The highest BCUT2D eigenvalue weighted by molar-refractivity contribution is 9.10. The molecule has 190 valence electrons. The molecule has 2 aliphatic rings. The van der Waals surface area contributed by atoms with Gasteiger partial charge in [-0.25, -0.2) is 14.4 Å². The third-order valence-corrected chi connectivity index (χ3v) is 6.54. The number of aryl methyl sites for hydroxylation is 1. The van der Waals surface area contributed by atoms with E-state index in [1.54, 1.807) is 13.8 Å². The van der Waals surface area contributed by atoms with Crippen molar-refractivity contribution in [2.24, 2.45) is 0 Å². The molecule has 0 fully saturated rings. The zero-order valence-electron chi connectivity index (χ0n) is 21.0. The van der Waals surface area contributed by atoms with Gasteiger partial charge in [0.05, 0.1) is 37.2 Å². The van der Waals surface area contributed by atoms with Gasteiger partial charge in [-0.1, -0.05) is 46.3 Å². The van der Waals surface area contributed by atoms with E-state index in [0.717, 1.165) is 32.9 Å². The quantitative estimate of drug-likeness (QED) is 0.153. The molecule has 0 spiro atoms. The summed E-state index contributed by atoms with van der Waals surface area (Å²) in [6, 6.07) is 16.9. The summed E-state index contributed by atoms with van der Waals surface area (Å²) in [7, 11) is 1.31. The Hall–Kier alpha value is -3.91. The predicted octanol–water partition coefficient (Wildman–Crippen LogP) is 6.10. The summed E-state index contributed by atoms with van der Waals surface area (Å²) in [4.78, 5) is 39.2. The third kappa shape index (κ3) is 4.76. The number of halogens is 1. The summed E-state index contributed by atoms with van der Waals surface area (Å²) in [5.74, 6) is -1.96. The summed E-state index contributed by atoms with van der Waals surface area (Å²) in [5.41, 5.74) is 3.62.